The monoisotopic (exact) mass is 231 g/mol. The van der Waals surface area contributed by atoms with Gasteiger partial charge < -0.3 is 17.7 Å². The van der Waals surface area contributed by atoms with E-state index >= 15 is 0 Å². The topological polar surface area (TPSA) is 9.23 Å². The van der Waals surface area contributed by atoms with Gasteiger partial charge in [-0.15, -0.1) is 5.46 Å². The standard InChI is InChI=1S/C11H15BF3O/c1-9(2)7-8-16-11-5-3-10(4-6-11)12(13,14)15/h3-6,9H,7-8H2,1-2H3/q-1. The van der Waals surface area contributed by atoms with Crippen LogP contribution in [0.5, 0.6) is 5.75 Å². The van der Waals surface area contributed by atoms with Gasteiger partial charge in [0.25, 0.3) is 0 Å². The summed E-state index contributed by atoms with van der Waals surface area (Å²) in [6, 6.07) is 4.85. The van der Waals surface area contributed by atoms with Crippen LogP contribution < -0.4 is 10.2 Å². The summed E-state index contributed by atoms with van der Waals surface area (Å²) in [4.78, 5) is 0. The molecule has 0 amide bonds. The Morgan fingerprint density at radius 3 is 2.12 bits per heavy atom. The van der Waals surface area contributed by atoms with Crippen LogP contribution >= 0.6 is 0 Å². The molecule has 0 fully saturated rings. The lowest BCUT2D eigenvalue weighted by molar-refractivity contribution is 0.289. The Bertz CT molecular complexity index is 319. The summed E-state index contributed by atoms with van der Waals surface area (Å²) in [7, 11) is 0. The fourth-order valence-corrected chi connectivity index (χ4v) is 1.19. The Morgan fingerprint density at radius 2 is 1.69 bits per heavy atom. The lowest BCUT2D eigenvalue weighted by Gasteiger charge is -2.15. The molecule has 0 saturated heterocycles. The molecule has 0 N–H and O–H groups in total. The maximum absolute atomic E-state index is 12.3. The lowest BCUT2D eigenvalue weighted by atomic mass is 9.80. The van der Waals surface area contributed by atoms with Crippen molar-refractivity contribution < 1.29 is 17.7 Å². The molecule has 5 heteroatoms. The highest BCUT2D eigenvalue weighted by atomic mass is 19.4. The van der Waals surface area contributed by atoms with Gasteiger partial charge in [0.1, 0.15) is 5.75 Å². The van der Waals surface area contributed by atoms with Crippen LogP contribution in [-0.4, -0.2) is 13.6 Å². The average Bonchev–Trinajstić information content (AvgIpc) is 2.16. The molecule has 16 heavy (non-hydrogen) atoms. The van der Waals surface area contributed by atoms with Crippen LogP contribution in [0.4, 0.5) is 12.9 Å². The molecule has 0 aliphatic carbocycles. The molecule has 0 aliphatic heterocycles. The summed E-state index contributed by atoms with van der Waals surface area (Å²) in [5.74, 6) is 1.02. The predicted octanol–water partition coefficient (Wildman–Crippen LogP) is 3.17. The van der Waals surface area contributed by atoms with E-state index in [-0.39, 0.29) is 0 Å². The molecule has 1 aromatic carbocycles. The largest absolute Gasteiger partial charge is 0.509 e. The molecule has 0 saturated carbocycles. The van der Waals surface area contributed by atoms with Gasteiger partial charge in [-0.3, -0.25) is 0 Å². The molecule has 0 spiro atoms. The number of ether oxygens (including phenoxy) is 1. The number of benzene rings is 1. The molecule has 1 rings (SSSR count). The molecule has 0 heterocycles. The Morgan fingerprint density at radius 1 is 1.12 bits per heavy atom. The van der Waals surface area contributed by atoms with Crippen molar-refractivity contribution in [2.24, 2.45) is 5.92 Å². The summed E-state index contributed by atoms with van der Waals surface area (Å²) in [5.41, 5.74) is -0.587. The first kappa shape index (κ1) is 12.9. The van der Waals surface area contributed by atoms with Gasteiger partial charge in [0.2, 0.25) is 0 Å². The summed E-state index contributed by atoms with van der Waals surface area (Å²) in [6.45, 7) is -0.230. The van der Waals surface area contributed by atoms with Crippen LogP contribution in [0.15, 0.2) is 24.3 Å². The van der Waals surface area contributed by atoms with Crippen molar-refractivity contribution in [2.45, 2.75) is 20.3 Å². The summed E-state index contributed by atoms with van der Waals surface area (Å²) < 4.78 is 42.2. The van der Waals surface area contributed by atoms with Crippen molar-refractivity contribution in [1.29, 1.82) is 0 Å². The van der Waals surface area contributed by atoms with Crippen molar-refractivity contribution >= 4 is 12.4 Å². The van der Waals surface area contributed by atoms with Gasteiger partial charge in [-0.1, -0.05) is 26.0 Å². The van der Waals surface area contributed by atoms with Gasteiger partial charge in [-0.25, -0.2) is 0 Å². The van der Waals surface area contributed by atoms with Crippen LogP contribution in [0.3, 0.4) is 0 Å². The fraction of sp³-hybridized carbons (Fsp3) is 0.455. The van der Waals surface area contributed by atoms with Crippen LogP contribution in [0, 0.1) is 5.92 Å². The zero-order chi connectivity index (χ0) is 12.2. The minimum absolute atomic E-state index is 0.490. The van der Waals surface area contributed by atoms with E-state index in [0.717, 1.165) is 18.6 Å². The molecule has 0 atom stereocenters. The smallest absolute Gasteiger partial charge is 0.494 e. The zero-order valence-corrected chi connectivity index (χ0v) is 9.42. The molecular weight excluding hydrogens is 216 g/mol. The van der Waals surface area contributed by atoms with Crippen LogP contribution in [0.2, 0.25) is 0 Å². The predicted molar refractivity (Wildman–Crippen MR) is 60.1 cm³/mol. The molecule has 0 aliphatic rings. The Labute approximate surface area is 93.7 Å². The zero-order valence-electron chi connectivity index (χ0n) is 9.42. The van der Waals surface area contributed by atoms with E-state index in [1.165, 1.54) is 12.1 Å². The number of hydrogen-bond donors (Lipinski definition) is 0. The van der Waals surface area contributed by atoms with Crippen molar-refractivity contribution in [1.82, 2.24) is 0 Å². The highest BCUT2D eigenvalue weighted by molar-refractivity contribution is 6.73. The van der Waals surface area contributed by atoms with Gasteiger partial charge in [-0.2, -0.15) is 0 Å². The van der Waals surface area contributed by atoms with E-state index in [4.69, 9.17) is 4.74 Å². The number of halogens is 3. The Balaban J connectivity index is 2.52. The maximum atomic E-state index is 12.3. The SMILES string of the molecule is CC(C)CCOc1ccc([B-](F)(F)F)cc1. The van der Waals surface area contributed by atoms with E-state index < -0.39 is 12.4 Å². The van der Waals surface area contributed by atoms with Gasteiger partial charge >= 0.3 is 6.98 Å². The van der Waals surface area contributed by atoms with Crippen molar-refractivity contribution in [2.75, 3.05) is 6.61 Å². The maximum Gasteiger partial charge on any atom is 0.509 e. The summed E-state index contributed by atoms with van der Waals surface area (Å²) in [5, 5.41) is 0. The summed E-state index contributed by atoms with van der Waals surface area (Å²) in [6.07, 6.45) is 0.894. The molecule has 0 bridgehead atoms. The normalized spacial score (nSPS) is 11.9. The van der Waals surface area contributed by atoms with Crippen molar-refractivity contribution in [3.8, 4) is 5.75 Å². The second-order valence-corrected chi connectivity index (χ2v) is 4.17. The third kappa shape index (κ3) is 4.17. The average molecular weight is 231 g/mol. The molecule has 90 valence electrons. The first-order valence-corrected chi connectivity index (χ1v) is 5.32. The van der Waals surface area contributed by atoms with Gasteiger partial charge in [-0.05, 0) is 24.5 Å². The first-order valence-electron chi connectivity index (χ1n) is 5.32. The van der Waals surface area contributed by atoms with Gasteiger partial charge in [0.15, 0.2) is 0 Å². The quantitative estimate of drug-likeness (QED) is 0.707. The minimum Gasteiger partial charge on any atom is -0.494 e. The lowest BCUT2D eigenvalue weighted by Crippen LogP contribution is -2.33. The van der Waals surface area contributed by atoms with Crippen LogP contribution in [0.25, 0.3) is 0 Å². The minimum atomic E-state index is -4.90. The second kappa shape index (κ2) is 5.28. The highest BCUT2D eigenvalue weighted by Gasteiger charge is 2.24. The highest BCUT2D eigenvalue weighted by Crippen LogP contribution is 2.14. The second-order valence-electron chi connectivity index (χ2n) is 4.17. The van der Waals surface area contributed by atoms with E-state index in [1.807, 2.05) is 0 Å². The van der Waals surface area contributed by atoms with Crippen LogP contribution in [0.1, 0.15) is 20.3 Å². The molecular formula is C11H15BF3O-. The van der Waals surface area contributed by atoms with Crippen LogP contribution in [-0.2, 0) is 0 Å². The first-order chi connectivity index (χ1) is 7.39. The van der Waals surface area contributed by atoms with Crippen molar-refractivity contribution in [3.63, 3.8) is 0 Å². The molecule has 0 radical (unpaired) electrons. The Hall–Kier alpha value is -1.13. The number of rotatable bonds is 5. The third-order valence-corrected chi connectivity index (χ3v) is 2.22. The van der Waals surface area contributed by atoms with Gasteiger partial charge in [0.05, 0.1) is 6.61 Å². The van der Waals surface area contributed by atoms with Crippen molar-refractivity contribution in [3.05, 3.63) is 24.3 Å². The molecule has 1 aromatic rings. The molecule has 1 nitrogen and oxygen atoms in total. The van der Waals surface area contributed by atoms with Gasteiger partial charge in [0, 0.05) is 0 Å². The van der Waals surface area contributed by atoms with E-state index in [0.29, 0.717) is 18.3 Å². The van der Waals surface area contributed by atoms with E-state index in [1.54, 1.807) is 0 Å². The molecule has 0 unspecified atom stereocenters. The fourth-order valence-electron chi connectivity index (χ4n) is 1.19. The van der Waals surface area contributed by atoms with E-state index in [9.17, 15) is 12.9 Å². The third-order valence-electron chi connectivity index (χ3n) is 2.22. The summed E-state index contributed by atoms with van der Waals surface area (Å²) >= 11 is 0. The number of hydrogen-bond acceptors (Lipinski definition) is 1. The van der Waals surface area contributed by atoms with E-state index in [2.05, 4.69) is 13.8 Å². The Kier molecular flexibility index (Phi) is 4.27. The molecule has 0 aromatic heterocycles.